The second-order valence-corrected chi connectivity index (χ2v) is 5.59. The summed E-state index contributed by atoms with van der Waals surface area (Å²) in [5.74, 6) is -0.304. The third kappa shape index (κ3) is 3.66. The number of hydrogen-bond acceptors (Lipinski definition) is 2. The van der Waals surface area contributed by atoms with Crippen LogP contribution >= 0.6 is 15.9 Å². The third-order valence-electron chi connectivity index (χ3n) is 2.18. The molecule has 0 saturated heterocycles. The normalized spacial score (nSPS) is 12.8. The van der Waals surface area contributed by atoms with Crippen LogP contribution < -0.4 is 0 Å². The average molecular weight is 326 g/mol. The van der Waals surface area contributed by atoms with Gasteiger partial charge in [0.25, 0.3) is 0 Å². The molecule has 1 unspecified atom stereocenters. The van der Waals surface area contributed by atoms with Gasteiger partial charge in [-0.2, -0.15) is 0 Å². The van der Waals surface area contributed by atoms with Crippen molar-refractivity contribution in [1.82, 2.24) is 0 Å². The summed E-state index contributed by atoms with van der Waals surface area (Å²) in [5.41, 5.74) is 0.710. The van der Waals surface area contributed by atoms with Gasteiger partial charge in [0.1, 0.15) is 17.2 Å². The van der Waals surface area contributed by atoms with Crippen LogP contribution in [-0.4, -0.2) is 10.8 Å². The van der Waals surface area contributed by atoms with E-state index in [9.17, 15) is 8.94 Å². The molecule has 0 heterocycles. The van der Waals surface area contributed by atoms with E-state index >= 15 is 0 Å². The Morgan fingerprint density at radius 3 is 2.28 bits per heavy atom. The molecule has 2 aromatic carbocycles. The molecule has 92 valence electrons. The standard InChI is InChI=1S/C13H9BrFNOS/c14-11-3-7-13(8-4-11)18(17)16-9-10-1-5-12(15)6-2-10/h1-9H/b16-9+. The third-order valence-corrected chi connectivity index (χ3v) is 3.68. The Hall–Kier alpha value is -1.17. The van der Waals surface area contributed by atoms with Gasteiger partial charge in [-0.15, -0.1) is 0 Å². The Morgan fingerprint density at radius 2 is 1.67 bits per heavy atom. The predicted octanol–water partition coefficient (Wildman–Crippen LogP) is 3.73. The van der Waals surface area contributed by atoms with E-state index in [-0.39, 0.29) is 5.82 Å². The molecule has 2 rings (SSSR count). The minimum atomic E-state index is -1.44. The maximum atomic E-state index is 12.7. The zero-order chi connectivity index (χ0) is 13.0. The summed E-state index contributed by atoms with van der Waals surface area (Å²) >= 11 is 1.86. The van der Waals surface area contributed by atoms with Gasteiger partial charge in [-0.05, 0) is 42.0 Å². The van der Waals surface area contributed by atoms with Gasteiger partial charge in [-0.25, -0.2) is 4.39 Å². The van der Waals surface area contributed by atoms with Gasteiger partial charge in [0, 0.05) is 4.47 Å². The fourth-order valence-electron chi connectivity index (χ4n) is 1.27. The van der Waals surface area contributed by atoms with Gasteiger partial charge in [0.2, 0.25) is 0 Å². The summed E-state index contributed by atoms with van der Waals surface area (Å²) in [4.78, 5) is 0.622. The molecule has 18 heavy (non-hydrogen) atoms. The Labute approximate surface area is 116 Å². The molecule has 0 bridgehead atoms. The van der Waals surface area contributed by atoms with E-state index in [0.717, 1.165) is 4.47 Å². The predicted molar refractivity (Wildman–Crippen MR) is 74.5 cm³/mol. The quantitative estimate of drug-likeness (QED) is 0.625. The van der Waals surface area contributed by atoms with E-state index in [1.54, 1.807) is 36.4 Å². The maximum Gasteiger partial charge on any atom is 0.182 e. The van der Waals surface area contributed by atoms with E-state index in [0.29, 0.717) is 10.5 Å². The molecule has 5 heteroatoms. The number of halogens is 2. The maximum absolute atomic E-state index is 12.7. The molecule has 0 saturated carbocycles. The summed E-state index contributed by atoms with van der Waals surface area (Å²) in [6.07, 6.45) is 1.47. The molecule has 0 aliphatic rings. The second-order valence-electron chi connectivity index (χ2n) is 3.49. The van der Waals surface area contributed by atoms with Crippen LogP contribution in [0.3, 0.4) is 0 Å². The molecule has 1 atom stereocenters. The number of rotatable bonds is 3. The molecule has 0 aliphatic heterocycles. The van der Waals surface area contributed by atoms with Gasteiger partial charge < -0.3 is 4.55 Å². The largest absolute Gasteiger partial charge is 0.586 e. The van der Waals surface area contributed by atoms with Crippen molar-refractivity contribution in [1.29, 1.82) is 0 Å². The van der Waals surface area contributed by atoms with Gasteiger partial charge in [0.15, 0.2) is 4.90 Å². The van der Waals surface area contributed by atoms with Crippen LogP contribution in [0.1, 0.15) is 5.56 Å². The van der Waals surface area contributed by atoms with Crippen molar-refractivity contribution in [3.8, 4) is 0 Å². The highest BCUT2D eigenvalue weighted by molar-refractivity contribution is 9.10. The van der Waals surface area contributed by atoms with Crippen molar-refractivity contribution in [3.05, 3.63) is 64.4 Å². The smallest absolute Gasteiger partial charge is 0.182 e. The van der Waals surface area contributed by atoms with Crippen LogP contribution in [0, 0.1) is 5.82 Å². The average Bonchev–Trinajstić information content (AvgIpc) is 2.38. The van der Waals surface area contributed by atoms with Crippen molar-refractivity contribution in [2.75, 3.05) is 0 Å². The highest BCUT2D eigenvalue weighted by Gasteiger charge is 2.08. The first-order valence-corrected chi connectivity index (χ1v) is 7.02. The van der Waals surface area contributed by atoms with Crippen molar-refractivity contribution >= 4 is 33.5 Å². The number of benzene rings is 2. The van der Waals surface area contributed by atoms with Gasteiger partial charge in [0.05, 0.1) is 6.21 Å². The van der Waals surface area contributed by atoms with Gasteiger partial charge in [-0.3, -0.25) is 0 Å². The molecule has 0 amide bonds. The Kier molecular flexibility index (Phi) is 4.52. The van der Waals surface area contributed by atoms with Crippen LogP contribution in [0.2, 0.25) is 0 Å². The van der Waals surface area contributed by atoms with Crippen LogP contribution in [0.25, 0.3) is 0 Å². The van der Waals surface area contributed by atoms with Gasteiger partial charge in [-0.1, -0.05) is 32.5 Å². The van der Waals surface area contributed by atoms with Crippen molar-refractivity contribution in [2.24, 2.45) is 4.40 Å². The lowest BCUT2D eigenvalue weighted by Crippen LogP contribution is -1.97. The first-order chi connectivity index (χ1) is 8.65. The molecule has 2 nitrogen and oxygen atoms in total. The Balaban J connectivity index is 2.08. The highest BCUT2D eigenvalue weighted by Crippen LogP contribution is 2.16. The SMILES string of the molecule is [O-][S+](/N=C/c1ccc(F)cc1)c1ccc(Br)cc1. The summed E-state index contributed by atoms with van der Waals surface area (Å²) < 4.78 is 29.4. The van der Waals surface area contributed by atoms with E-state index in [2.05, 4.69) is 20.3 Å². The Morgan fingerprint density at radius 1 is 1.06 bits per heavy atom. The summed E-state index contributed by atoms with van der Waals surface area (Å²) in [7, 11) is 0. The summed E-state index contributed by atoms with van der Waals surface area (Å²) in [6, 6.07) is 12.9. The molecule has 0 radical (unpaired) electrons. The molecular weight excluding hydrogens is 317 g/mol. The molecule has 0 aromatic heterocycles. The van der Waals surface area contributed by atoms with Gasteiger partial charge >= 0.3 is 0 Å². The molecule has 0 fully saturated rings. The van der Waals surface area contributed by atoms with E-state index in [4.69, 9.17) is 0 Å². The molecule has 0 N–H and O–H groups in total. The molecular formula is C13H9BrFNOS. The fraction of sp³-hybridized carbons (Fsp3) is 0. The van der Waals surface area contributed by atoms with Crippen LogP contribution in [-0.2, 0) is 11.4 Å². The first-order valence-electron chi connectivity index (χ1n) is 5.12. The van der Waals surface area contributed by atoms with Crippen molar-refractivity contribution in [2.45, 2.75) is 4.90 Å². The zero-order valence-electron chi connectivity index (χ0n) is 9.22. The zero-order valence-corrected chi connectivity index (χ0v) is 11.6. The molecule has 2 aromatic rings. The van der Waals surface area contributed by atoms with E-state index in [1.807, 2.05) is 0 Å². The van der Waals surface area contributed by atoms with Crippen molar-refractivity contribution in [3.63, 3.8) is 0 Å². The lowest BCUT2D eigenvalue weighted by Gasteiger charge is -2.02. The fourth-order valence-corrected chi connectivity index (χ4v) is 2.24. The van der Waals surface area contributed by atoms with Crippen LogP contribution in [0.5, 0.6) is 0 Å². The second kappa shape index (κ2) is 6.13. The van der Waals surface area contributed by atoms with Crippen LogP contribution in [0.15, 0.2) is 62.3 Å². The highest BCUT2D eigenvalue weighted by atomic mass is 79.9. The lowest BCUT2D eigenvalue weighted by atomic mass is 10.2. The van der Waals surface area contributed by atoms with Crippen LogP contribution in [0.4, 0.5) is 4.39 Å². The topological polar surface area (TPSA) is 35.4 Å². The monoisotopic (exact) mass is 325 g/mol. The molecule has 0 spiro atoms. The van der Waals surface area contributed by atoms with Crippen molar-refractivity contribution < 1.29 is 8.94 Å². The minimum absolute atomic E-state index is 0.304. The number of nitrogens with zero attached hydrogens (tertiary/aromatic N) is 1. The summed E-state index contributed by atoms with van der Waals surface area (Å²) in [6.45, 7) is 0. The first kappa shape index (κ1) is 13.3. The Bertz CT molecular complexity index is 542. The lowest BCUT2D eigenvalue weighted by molar-refractivity contribution is 0.597. The minimum Gasteiger partial charge on any atom is -0.586 e. The summed E-state index contributed by atoms with van der Waals surface area (Å²) in [5, 5.41) is 0. The molecule has 0 aliphatic carbocycles. The van der Waals surface area contributed by atoms with E-state index < -0.39 is 11.4 Å². The number of hydrogen-bond donors (Lipinski definition) is 0. The van der Waals surface area contributed by atoms with E-state index in [1.165, 1.54) is 18.3 Å².